The highest BCUT2D eigenvalue weighted by Gasteiger charge is 2.26. The lowest BCUT2D eigenvalue weighted by atomic mass is 10.1. The number of anilines is 1. The predicted octanol–water partition coefficient (Wildman–Crippen LogP) is 3.18. The quantitative estimate of drug-likeness (QED) is 0.748. The molecule has 0 spiro atoms. The maximum Gasteiger partial charge on any atom is 0.254 e. The lowest BCUT2D eigenvalue weighted by Crippen LogP contribution is -2.48. The Bertz CT molecular complexity index is 860. The summed E-state index contributed by atoms with van der Waals surface area (Å²) < 4.78 is 5.69. The van der Waals surface area contributed by atoms with Gasteiger partial charge in [-0.25, -0.2) is 0 Å². The van der Waals surface area contributed by atoms with Crippen molar-refractivity contribution < 1.29 is 14.3 Å². The molecule has 2 atom stereocenters. The van der Waals surface area contributed by atoms with Gasteiger partial charge in [0, 0.05) is 36.4 Å². The summed E-state index contributed by atoms with van der Waals surface area (Å²) in [6.45, 7) is 7.41. The number of hydrogen-bond donors (Lipinski definition) is 2. The first-order valence-electron chi connectivity index (χ1n) is 9.51. The molecule has 0 radical (unpaired) electrons. The Morgan fingerprint density at radius 2 is 1.72 bits per heavy atom. The Morgan fingerprint density at radius 3 is 2.34 bits per heavy atom. The summed E-state index contributed by atoms with van der Waals surface area (Å²) >= 11 is 0. The summed E-state index contributed by atoms with van der Waals surface area (Å²) in [4.78, 5) is 26.9. The highest BCUT2D eigenvalue weighted by molar-refractivity contribution is 5.96. The van der Waals surface area contributed by atoms with Gasteiger partial charge in [-0.2, -0.15) is 0 Å². The molecule has 3 N–H and O–H groups in total. The summed E-state index contributed by atoms with van der Waals surface area (Å²) in [6.07, 6.45) is 0.0790. The first kappa shape index (κ1) is 22.7. The van der Waals surface area contributed by atoms with Gasteiger partial charge in [0.15, 0.2) is 0 Å². The second-order valence-electron chi connectivity index (χ2n) is 7.42. The van der Waals surface area contributed by atoms with E-state index in [0.29, 0.717) is 36.4 Å². The van der Waals surface area contributed by atoms with E-state index >= 15 is 0 Å². The molecule has 0 aliphatic carbocycles. The molecule has 6 nitrogen and oxygen atoms in total. The zero-order chi connectivity index (χ0) is 20.3. The summed E-state index contributed by atoms with van der Waals surface area (Å²) in [6, 6.07) is 12.6. The Hall–Kier alpha value is -2.57. The van der Waals surface area contributed by atoms with Crippen LogP contribution in [0.1, 0.15) is 45.7 Å². The van der Waals surface area contributed by atoms with Gasteiger partial charge in [0.25, 0.3) is 11.8 Å². The molecule has 1 aliphatic heterocycles. The van der Waals surface area contributed by atoms with Gasteiger partial charge < -0.3 is 20.7 Å². The van der Waals surface area contributed by atoms with Crippen LogP contribution in [0.3, 0.4) is 0 Å². The van der Waals surface area contributed by atoms with Crippen molar-refractivity contribution in [2.24, 2.45) is 0 Å². The number of carbonyl (C=O) groups excluding carboxylic acids is 2. The molecule has 156 valence electrons. The molecule has 3 rings (SSSR count). The number of nitrogens with zero attached hydrogens (tertiary/aromatic N) is 1. The fourth-order valence-corrected chi connectivity index (χ4v) is 3.45. The molecule has 1 heterocycles. The number of aryl methyl sites for hydroxylation is 1. The maximum atomic E-state index is 12.7. The van der Waals surface area contributed by atoms with Crippen molar-refractivity contribution in [3.05, 3.63) is 64.7 Å². The van der Waals surface area contributed by atoms with Crippen LogP contribution in [-0.2, 0) is 11.3 Å². The topological polar surface area (TPSA) is 84.7 Å². The zero-order valence-corrected chi connectivity index (χ0v) is 17.8. The van der Waals surface area contributed by atoms with Crippen molar-refractivity contribution in [1.82, 2.24) is 10.2 Å². The third-order valence-electron chi connectivity index (χ3n) is 4.87. The maximum absolute atomic E-state index is 12.7. The van der Waals surface area contributed by atoms with E-state index in [1.54, 1.807) is 24.3 Å². The molecule has 2 aromatic rings. The molecule has 2 aromatic carbocycles. The number of nitrogens with one attached hydrogen (secondary N) is 1. The zero-order valence-electron chi connectivity index (χ0n) is 17.0. The van der Waals surface area contributed by atoms with E-state index in [2.05, 4.69) is 5.32 Å². The van der Waals surface area contributed by atoms with E-state index in [-0.39, 0.29) is 36.4 Å². The number of carbonyl (C=O) groups is 2. The van der Waals surface area contributed by atoms with Crippen LogP contribution in [0.15, 0.2) is 42.5 Å². The normalized spacial score (nSPS) is 18.7. The van der Waals surface area contributed by atoms with Gasteiger partial charge in [-0.15, -0.1) is 12.4 Å². The van der Waals surface area contributed by atoms with E-state index in [4.69, 9.17) is 10.5 Å². The second kappa shape index (κ2) is 9.76. The average molecular weight is 418 g/mol. The van der Waals surface area contributed by atoms with Crippen LogP contribution < -0.4 is 11.1 Å². The van der Waals surface area contributed by atoms with Crippen molar-refractivity contribution in [2.45, 2.75) is 39.5 Å². The molecule has 0 saturated carbocycles. The number of benzene rings is 2. The van der Waals surface area contributed by atoms with Gasteiger partial charge in [0.05, 0.1) is 12.2 Å². The second-order valence-corrected chi connectivity index (χ2v) is 7.42. The highest BCUT2D eigenvalue weighted by atomic mass is 35.5. The average Bonchev–Trinajstić information content (AvgIpc) is 2.67. The van der Waals surface area contributed by atoms with Gasteiger partial charge >= 0.3 is 0 Å². The number of morpholine rings is 1. The largest absolute Gasteiger partial charge is 0.399 e. The van der Waals surface area contributed by atoms with E-state index in [1.807, 2.05) is 43.9 Å². The van der Waals surface area contributed by atoms with E-state index in [9.17, 15) is 9.59 Å². The third kappa shape index (κ3) is 5.71. The van der Waals surface area contributed by atoms with E-state index < -0.39 is 0 Å². The minimum Gasteiger partial charge on any atom is -0.399 e. The van der Waals surface area contributed by atoms with Crippen molar-refractivity contribution in [3.8, 4) is 0 Å². The lowest BCUT2D eigenvalue weighted by Gasteiger charge is -2.35. The van der Waals surface area contributed by atoms with Crippen molar-refractivity contribution in [3.63, 3.8) is 0 Å². The fraction of sp³-hybridized carbons (Fsp3) is 0.364. The van der Waals surface area contributed by atoms with Crippen molar-refractivity contribution in [2.75, 3.05) is 18.8 Å². The van der Waals surface area contributed by atoms with Crippen LogP contribution >= 0.6 is 12.4 Å². The van der Waals surface area contributed by atoms with Crippen LogP contribution in [0.5, 0.6) is 0 Å². The van der Waals surface area contributed by atoms with E-state index in [1.165, 1.54) is 0 Å². The standard InChI is InChI=1S/C22H27N3O3.ClH/c1-14-4-9-19(23)10-20(14)21(26)24-11-17-5-7-18(8-6-17)22(27)25-12-15(2)28-16(3)13-25;/h4-10,15-16H,11-13,23H2,1-3H3,(H,24,26);1H. The summed E-state index contributed by atoms with van der Waals surface area (Å²) in [5.41, 5.74) is 9.35. The SMILES string of the molecule is Cc1ccc(N)cc1C(=O)NCc1ccc(C(=O)N2CC(C)OC(C)C2)cc1.Cl. The lowest BCUT2D eigenvalue weighted by molar-refractivity contribution is -0.0586. The smallest absolute Gasteiger partial charge is 0.254 e. The Kier molecular flexibility index (Phi) is 7.65. The molecule has 0 bridgehead atoms. The van der Waals surface area contributed by atoms with E-state index in [0.717, 1.165) is 11.1 Å². The van der Waals surface area contributed by atoms with Gasteiger partial charge in [-0.1, -0.05) is 18.2 Å². The number of nitrogens with two attached hydrogens (primary N) is 1. The molecule has 1 fully saturated rings. The molecule has 7 heteroatoms. The van der Waals surface area contributed by atoms with Crippen LogP contribution in [0.4, 0.5) is 5.69 Å². The van der Waals surface area contributed by atoms with Crippen LogP contribution in [0.25, 0.3) is 0 Å². The Morgan fingerprint density at radius 1 is 1.10 bits per heavy atom. The molecule has 2 unspecified atom stereocenters. The van der Waals surface area contributed by atoms with Crippen LogP contribution in [-0.4, -0.2) is 42.0 Å². The number of ether oxygens (including phenoxy) is 1. The minimum atomic E-state index is -0.166. The fourth-order valence-electron chi connectivity index (χ4n) is 3.45. The first-order valence-corrected chi connectivity index (χ1v) is 9.51. The number of halogens is 1. The Labute approximate surface area is 177 Å². The molecular formula is C22H28ClN3O3. The molecule has 2 amide bonds. The minimum absolute atomic E-state index is 0. The monoisotopic (exact) mass is 417 g/mol. The molecule has 0 aromatic heterocycles. The number of rotatable bonds is 4. The first-order chi connectivity index (χ1) is 13.3. The number of amides is 2. The predicted molar refractivity (Wildman–Crippen MR) is 116 cm³/mol. The molecule has 1 saturated heterocycles. The third-order valence-corrected chi connectivity index (χ3v) is 4.87. The van der Waals surface area contributed by atoms with Gasteiger partial charge in [0.1, 0.15) is 0 Å². The van der Waals surface area contributed by atoms with Crippen LogP contribution in [0.2, 0.25) is 0 Å². The van der Waals surface area contributed by atoms with Crippen molar-refractivity contribution in [1.29, 1.82) is 0 Å². The molecular weight excluding hydrogens is 390 g/mol. The highest BCUT2D eigenvalue weighted by Crippen LogP contribution is 2.16. The van der Waals surface area contributed by atoms with Gasteiger partial charge in [0.2, 0.25) is 0 Å². The van der Waals surface area contributed by atoms with Gasteiger partial charge in [-0.3, -0.25) is 9.59 Å². The Balaban J connectivity index is 0.00000300. The number of nitrogen functional groups attached to an aromatic ring is 1. The number of hydrogen-bond acceptors (Lipinski definition) is 4. The summed E-state index contributed by atoms with van der Waals surface area (Å²) in [5.74, 6) is -0.158. The summed E-state index contributed by atoms with van der Waals surface area (Å²) in [7, 11) is 0. The van der Waals surface area contributed by atoms with Gasteiger partial charge in [-0.05, 0) is 56.2 Å². The van der Waals surface area contributed by atoms with Crippen molar-refractivity contribution >= 4 is 29.9 Å². The molecule has 29 heavy (non-hydrogen) atoms. The van der Waals surface area contributed by atoms with Crippen LogP contribution in [0, 0.1) is 6.92 Å². The molecule has 1 aliphatic rings. The summed E-state index contributed by atoms with van der Waals surface area (Å²) in [5, 5.41) is 2.90.